The molecule has 2 aliphatic carbocycles. The maximum absolute atomic E-state index is 12.6. The largest absolute Gasteiger partial charge is 0.443 e. The first kappa shape index (κ1) is 29.9. The van der Waals surface area contributed by atoms with Crippen LogP contribution in [-0.2, 0) is 19.0 Å². The van der Waals surface area contributed by atoms with Gasteiger partial charge in [-0.25, -0.2) is 4.79 Å². The molecule has 3 rings (SSSR count). The molecule has 1 heterocycles. The van der Waals surface area contributed by atoms with Gasteiger partial charge in [0.1, 0.15) is 12.2 Å². The summed E-state index contributed by atoms with van der Waals surface area (Å²) in [4.78, 5) is 24.3. The predicted octanol–water partition coefficient (Wildman–Crippen LogP) is 2.88. The number of carbonyl (C=O) groups excluding carboxylic acids is 2. The average molecular weight is 516 g/mol. The van der Waals surface area contributed by atoms with E-state index in [0.29, 0.717) is 0 Å². The number of thiol groups is 1. The zero-order chi connectivity index (χ0) is 26.0. The third kappa shape index (κ3) is 9.92. The van der Waals surface area contributed by atoms with Crippen LogP contribution in [0.2, 0.25) is 0 Å². The van der Waals surface area contributed by atoms with Gasteiger partial charge in [-0.05, 0) is 72.6 Å². The molecule has 1 saturated heterocycles. The summed E-state index contributed by atoms with van der Waals surface area (Å²) in [6, 6.07) is 0.206. The van der Waals surface area contributed by atoms with E-state index in [0.717, 1.165) is 51.6 Å². The number of hydrogen-bond donors (Lipinski definition) is 5. The molecule has 4 N–H and O–H groups in total. The number of rotatable bonds is 8. The molecule has 0 aromatic carbocycles. The smallest absolute Gasteiger partial charge is 0.407 e. The Morgan fingerprint density at radius 1 is 1.14 bits per heavy atom. The number of methoxy groups -OCH3 is 1. The van der Waals surface area contributed by atoms with Crippen LogP contribution in [0, 0.1) is 5.92 Å². The standard InChI is InChI=1S/C22H37N3O5S.C3H8O/c1-14(2)4-9-17-20(28-3)18(10-11-22(17)13-29-22)30-21(27)25-16-7-5-15(6-8-16)24-19(26)12-23-31;1-3(2)4/h4,15-18,20,23,31H,5-13H2,1-3H3,(H,24,26)(H,25,27);3-4H,1-2H3. The van der Waals surface area contributed by atoms with Gasteiger partial charge in [0.05, 0.1) is 18.8 Å². The maximum atomic E-state index is 12.6. The molecule has 0 radical (unpaired) electrons. The van der Waals surface area contributed by atoms with E-state index in [4.69, 9.17) is 19.3 Å². The van der Waals surface area contributed by atoms with Crippen LogP contribution in [0.3, 0.4) is 0 Å². The third-order valence-electron chi connectivity index (χ3n) is 6.77. The monoisotopic (exact) mass is 515 g/mol. The fourth-order valence-electron chi connectivity index (χ4n) is 4.97. The highest BCUT2D eigenvalue weighted by Crippen LogP contribution is 2.49. The quantitative estimate of drug-likeness (QED) is 0.191. The highest BCUT2D eigenvalue weighted by Gasteiger charge is 2.58. The summed E-state index contributed by atoms with van der Waals surface area (Å²) in [6.45, 7) is 8.57. The van der Waals surface area contributed by atoms with E-state index in [1.165, 1.54) is 5.57 Å². The molecule has 2 amide bonds. The number of aliphatic hydroxyl groups is 1. The molecule has 2 saturated carbocycles. The number of alkyl carbamates (subject to hydrolysis) is 1. The van der Waals surface area contributed by atoms with Crippen molar-refractivity contribution >= 4 is 24.8 Å². The van der Waals surface area contributed by atoms with E-state index in [1.807, 2.05) is 0 Å². The number of aliphatic hydroxyl groups excluding tert-OH is 1. The second-order valence-corrected chi connectivity index (χ2v) is 10.7. The lowest BCUT2D eigenvalue weighted by molar-refractivity contribution is -0.120. The first-order valence-corrected chi connectivity index (χ1v) is 13.2. The second kappa shape index (κ2) is 14.4. The number of hydrogen-bond acceptors (Lipinski definition) is 8. The second-order valence-electron chi connectivity index (χ2n) is 10.3. The minimum Gasteiger partial charge on any atom is -0.443 e. The van der Waals surface area contributed by atoms with E-state index < -0.39 is 0 Å². The summed E-state index contributed by atoms with van der Waals surface area (Å²) in [5.41, 5.74) is 1.15. The van der Waals surface area contributed by atoms with Gasteiger partial charge in [-0.2, -0.15) is 0 Å². The van der Waals surface area contributed by atoms with E-state index in [1.54, 1.807) is 21.0 Å². The molecular formula is C25H45N3O6S. The summed E-state index contributed by atoms with van der Waals surface area (Å²) in [7, 11) is 1.69. The first-order chi connectivity index (χ1) is 16.6. The van der Waals surface area contributed by atoms with Gasteiger partial charge >= 0.3 is 6.09 Å². The van der Waals surface area contributed by atoms with Gasteiger partial charge in [-0.1, -0.05) is 24.5 Å². The Bertz CT molecular complexity index is 701. The first-order valence-electron chi connectivity index (χ1n) is 12.7. The van der Waals surface area contributed by atoms with Gasteiger partial charge in [0, 0.05) is 31.2 Å². The molecule has 202 valence electrons. The molecule has 0 bridgehead atoms. The van der Waals surface area contributed by atoms with Gasteiger partial charge < -0.3 is 30.0 Å². The normalized spacial score (nSPS) is 31.7. The van der Waals surface area contributed by atoms with Crippen LogP contribution in [0.15, 0.2) is 11.6 Å². The van der Waals surface area contributed by atoms with Crippen molar-refractivity contribution in [2.45, 2.75) is 109 Å². The fraction of sp³-hybridized carbons (Fsp3) is 0.840. The van der Waals surface area contributed by atoms with Gasteiger partial charge in [0.25, 0.3) is 0 Å². The van der Waals surface area contributed by atoms with Crippen LogP contribution in [0.5, 0.6) is 0 Å². The number of allylic oxidation sites excluding steroid dienone is 2. The third-order valence-corrected chi connectivity index (χ3v) is 6.93. The summed E-state index contributed by atoms with van der Waals surface area (Å²) in [5.74, 6) is 0.124. The van der Waals surface area contributed by atoms with Crippen LogP contribution in [0.4, 0.5) is 4.79 Å². The van der Waals surface area contributed by atoms with Crippen LogP contribution >= 0.6 is 12.8 Å². The number of nitrogens with one attached hydrogen (secondary N) is 3. The Kier molecular flexibility index (Phi) is 12.3. The predicted molar refractivity (Wildman–Crippen MR) is 138 cm³/mol. The Morgan fingerprint density at radius 2 is 1.71 bits per heavy atom. The number of ether oxygens (including phenoxy) is 3. The zero-order valence-corrected chi connectivity index (χ0v) is 22.7. The highest BCUT2D eigenvalue weighted by atomic mass is 32.1. The molecule has 0 aromatic rings. The lowest BCUT2D eigenvalue weighted by Gasteiger charge is -2.40. The van der Waals surface area contributed by atoms with Crippen molar-refractivity contribution < 1.29 is 28.9 Å². The molecule has 1 spiro atoms. The topological polar surface area (TPSA) is 121 Å². The summed E-state index contributed by atoms with van der Waals surface area (Å²) in [6.07, 6.45) is 6.99. The average Bonchev–Trinajstić information content (AvgIpc) is 3.55. The number of amides is 2. The van der Waals surface area contributed by atoms with Crippen molar-refractivity contribution in [1.29, 1.82) is 0 Å². The van der Waals surface area contributed by atoms with Crippen LogP contribution < -0.4 is 15.4 Å². The summed E-state index contributed by atoms with van der Waals surface area (Å²) >= 11 is 3.85. The Hall–Kier alpha value is -1.33. The molecule has 9 nitrogen and oxygen atoms in total. The SMILES string of the molecule is CC(C)O.COC1C(OC(=O)NC2CCC(NC(=O)CNS)CC2)CCC2(CO2)C1CC=C(C)C. The van der Waals surface area contributed by atoms with Crippen LogP contribution in [0.25, 0.3) is 0 Å². The van der Waals surface area contributed by atoms with E-state index >= 15 is 0 Å². The van der Waals surface area contributed by atoms with E-state index in [2.05, 4.69) is 48.1 Å². The molecule has 3 fully saturated rings. The molecular weight excluding hydrogens is 470 g/mol. The van der Waals surface area contributed by atoms with Crippen molar-refractivity contribution in [1.82, 2.24) is 15.4 Å². The molecule has 3 aliphatic rings. The van der Waals surface area contributed by atoms with E-state index in [-0.39, 0.29) is 60.5 Å². The summed E-state index contributed by atoms with van der Waals surface area (Å²) < 4.78 is 20.1. The van der Waals surface area contributed by atoms with Crippen molar-refractivity contribution in [3.8, 4) is 0 Å². The van der Waals surface area contributed by atoms with Gasteiger partial charge in [-0.15, -0.1) is 0 Å². The van der Waals surface area contributed by atoms with Crippen molar-refractivity contribution in [2.24, 2.45) is 5.92 Å². The molecule has 10 heteroatoms. The molecule has 4 atom stereocenters. The van der Waals surface area contributed by atoms with Crippen LogP contribution in [0.1, 0.15) is 72.6 Å². The molecule has 0 aromatic heterocycles. The number of epoxide rings is 1. The molecule has 1 aliphatic heterocycles. The highest BCUT2D eigenvalue weighted by molar-refractivity contribution is 7.78. The maximum Gasteiger partial charge on any atom is 0.407 e. The lowest BCUT2D eigenvalue weighted by Crippen LogP contribution is -2.51. The van der Waals surface area contributed by atoms with Gasteiger partial charge in [0.15, 0.2) is 0 Å². The van der Waals surface area contributed by atoms with Crippen molar-refractivity contribution in [2.75, 3.05) is 20.3 Å². The molecule has 4 unspecified atom stereocenters. The van der Waals surface area contributed by atoms with E-state index in [9.17, 15) is 9.59 Å². The number of carbonyl (C=O) groups is 2. The minimum absolute atomic E-state index is 0.0613. The lowest BCUT2D eigenvalue weighted by atomic mass is 9.73. The van der Waals surface area contributed by atoms with Gasteiger partial charge in [0.2, 0.25) is 5.91 Å². The summed E-state index contributed by atoms with van der Waals surface area (Å²) in [5, 5.41) is 14.1. The zero-order valence-electron chi connectivity index (χ0n) is 21.8. The van der Waals surface area contributed by atoms with Gasteiger partial charge in [-0.3, -0.25) is 9.52 Å². The van der Waals surface area contributed by atoms with Crippen LogP contribution in [-0.4, -0.2) is 73.4 Å². The Balaban J connectivity index is 0.00000100. The Morgan fingerprint density at radius 3 is 2.20 bits per heavy atom. The van der Waals surface area contributed by atoms with Crippen molar-refractivity contribution in [3.63, 3.8) is 0 Å². The molecule has 35 heavy (non-hydrogen) atoms. The fourth-order valence-corrected chi connectivity index (χ4v) is 5.11. The minimum atomic E-state index is -0.382. The van der Waals surface area contributed by atoms with Crippen molar-refractivity contribution in [3.05, 3.63) is 11.6 Å². The Labute approximate surface area is 215 Å².